The predicted molar refractivity (Wildman–Crippen MR) is 88.9 cm³/mol. The zero-order chi connectivity index (χ0) is 13.6. The van der Waals surface area contributed by atoms with Crippen molar-refractivity contribution in [2.24, 2.45) is 0 Å². The molecule has 0 saturated carbocycles. The molecule has 3 heterocycles. The summed E-state index contributed by atoms with van der Waals surface area (Å²) in [7, 11) is 0. The van der Waals surface area contributed by atoms with Crippen LogP contribution in [0.15, 0.2) is 45.9 Å². The van der Waals surface area contributed by atoms with Crippen LogP contribution in [-0.2, 0) is 12.8 Å². The van der Waals surface area contributed by atoms with Gasteiger partial charge in [0, 0.05) is 40.6 Å². The Labute approximate surface area is 131 Å². The Hall–Kier alpha value is -1.01. The molecule has 0 fully saturated rings. The van der Waals surface area contributed by atoms with E-state index in [0.29, 0.717) is 6.04 Å². The molecule has 0 aliphatic carbocycles. The molecule has 3 aromatic rings. The lowest BCUT2D eigenvalue weighted by atomic mass is 10.1. The van der Waals surface area contributed by atoms with Gasteiger partial charge in [-0.3, -0.25) is 0 Å². The molecule has 0 radical (unpaired) electrons. The highest BCUT2D eigenvalue weighted by molar-refractivity contribution is 7.10. The number of rotatable bonds is 7. The Bertz CT molecular complexity index is 585. The lowest BCUT2D eigenvalue weighted by molar-refractivity contribution is 0.543. The van der Waals surface area contributed by atoms with Crippen LogP contribution in [0.3, 0.4) is 0 Å². The van der Waals surface area contributed by atoms with Crippen LogP contribution in [0, 0.1) is 0 Å². The van der Waals surface area contributed by atoms with Gasteiger partial charge in [-0.1, -0.05) is 12.1 Å². The summed E-state index contributed by atoms with van der Waals surface area (Å²) in [5.41, 5.74) is 3.08. The molecule has 3 aromatic heterocycles. The molecule has 0 aromatic carbocycles. The molecule has 5 heteroatoms. The Morgan fingerprint density at radius 1 is 1.15 bits per heavy atom. The molecule has 1 atom stereocenters. The minimum Gasteiger partial charge on any atom is -0.309 e. The molecule has 0 amide bonds. The van der Waals surface area contributed by atoms with E-state index in [0.717, 1.165) is 19.4 Å². The average molecular weight is 321 g/mol. The molecule has 0 aliphatic rings. The maximum absolute atomic E-state index is 4.33. The SMILES string of the molecule is c1csc(CC(NCCc2cscn2)c2cccs2)c1. The summed E-state index contributed by atoms with van der Waals surface area (Å²) in [6.45, 7) is 0.970. The van der Waals surface area contributed by atoms with Crippen LogP contribution < -0.4 is 5.32 Å². The zero-order valence-electron chi connectivity index (χ0n) is 11.0. The standard InChI is InChI=1S/C15H16N2S3/c1-3-13(19-7-1)9-14(15-4-2-8-20-15)16-6-5-12-10-18-11-17-12/h1-4,7-8,10-11,14,16H,5-6,9H2. The van der Waals surface area contributed by atoms with E-state index >= 15 is 0 Å². The fourth-order valence-electron chi connectivity index (χ4n) is 2.13. The molecule has 2 nitrogen and oxygen atoms in total. The van der Waals surface area contributed by atoms with Crippen molar-refractivity contribution in [3.05, 3.63) is 61.4 Å². The molecular formula is C15H16N2S3. The molecule has 0 bridgehead atoms. The summed E-state index contributed by atoms with van der Waals surface area (Å²) in [4.78, 5) is 7.18. The van der Waals surface area contributed by atoms with E-state index in [-0.39, 0.29) is 0 Å². The molecule has 0 spiro atoms. The Balaban J connectivity index is 1.60. The first-order chi connectivity index (χ1) is 9.92. The Morgan fingerprint density at radius 3 is 2.75 bits per heavy atom. The highest BCUT2D eigenvalue weighted by Gasteiger charge is 2.13. The first-order valence-electron chi connectivity index (χ1n) is 6.58. The normalized spacial score (nSPS) is 12.6. The first-order valence-corrected chi connectivity index (χ1v) is 9.28. The van der Waals surface area contributed by atoms with Crippen molar-refractivity contribution >= 4 is 34.0 Å². The molecule has 1 unspecified atom stereocenters. The van der Waals surface area contributed by atoms with E-state index in [9.17, 15) is 0 Å². The fourth-order valence-corrected chi connectivity index (χ4v) is 4.28. The first kappa shape index (κ1) is 13.9. The van der Waals surface area contributed by atoms with Crippen molar-refractivity contribution < 1.29 is 0 Å². The third-order valence-electron chi connectivity index (χ3n) is 3.13. The molecule has 20 heavy (non-hydrogen) atoms. The largest absolute Gasteiger partial charge is 0.309 e. The second kappa shape index (κ2) is 7.13. The molecule has 1 N–H and O–H groups in total. The Kier molecular flexibility index (Phi) is 4.97. The van der Waals surface area contributed by atoms with E-state index in [1.165, 1.54) is 15.4 Å². The summed E-state index contributed by atoms with van der Waals surface area (Å²) in [6, 6.07) is 9.10. The van der Waals surface area contributed by atoms with E-state index < -0.39 is 0 Å². The highest BCUT2D eigenvalue weighted by Crippen LogP contribution is 2.24. The summed E-state index contributed by atoms with van der Waals surface area (Å²) in [5.74, 6) is 0. The molecule has 104 valence electrons. The van der Waals surface area contributed by atoms with Gasteiger partial charge in [0.1, 0.15) is 0 Å². The van der Waals surface area contributed by atoms with Gasteiger partial charge in [-0.2, -0.15) is 0 Å². The lowest BCUT2D eigenvalue weighted by Crippen LogP contribution is -2.24. The smallest absolute Gasteiger partial charge is 0.0794 e. The molecule has 3 rings (SSSR count). The van der Waals surface area contributed by atoms with Crippen molar-refractivity contribution in [1.29, 1.82) is 0 Å². The lowest BCUT2D eigenvalue weighted by Gasteiger charge is -2.16. The number of hydrogen-bond acceptors (Lipinski definition) is 5. The second-order valence-corrected chi connectivity index (χ2v) is 7.27. The van der Waals surface area contributed by atoms with Gasteiger partial charge in [-0.15, -0.1) is 34.0 Å². The number of thiazole rings is 1. The summed E-state index contributed by atoms with van der Waals surface area (Å²) < 4.78 is 0. The van der Waals surface area contributed by atoms with E-state index in [1.54, 1.807) is 11.3 Å². The van der Waals surface area contributed by atoms with Crippen LogP contribution in [0.1, 0.15) is 21.5 Å². The number of aromatic nitrogens is 1. The summed E-state index contributed by atoms with van der Waals surface area (Å²) in [6.07, 6.45) is 2.06. The van der Waals surface area contributed by atoms with Crippen molar-refractivity contribution in [2.45, 2.75) is 18.9 Å². The highest BCUT2D eigenvalue weighted by atomic mass is 32.1. The quantitative estimate of drug-likeness (QED) is 0.698. The maximum atomic E-state index is 4.33. The van der Waals surface area contributed by atoms with Gasteiger partial charge in [0.15, 0.2) is 0 Å². The predicted octanol–water partition coefficient (Wildman–Crippen LogP) is 4.38. The molecule has 0 saturated heterocycles. The van der Waals surface area contributed by atoms with E-state index in [4.69, 9.17) is 0 Å². The minimum atomic E-state index is 0.410. The van der Waals surface area contributed by atoms with Gasteiger partial charge in [0.05, 0.1) is 11.2 Å². The van der Waals surface area contributed by atoms with Gasteiger partial charge < -0.3 is 5.32 Å². The topological polar surface area (TPSA) is 24.9 Å². The molecular weight excluding hydrogens is 304 g/mol. The van der Waals surface area contributed by atoms with Crippen LogP contribution in [0.25, 0.3) is 0 Å². The summed E-state index contributed by atoms with van der Waals surface area (Å²) in [5, 5.41) is 10.1. The van der Waals surface area contributed by atoms with Crippen molar-refractivity contribution in [3.8, 4) is 0 Å². The number of thiophene rings is 2. The van der Waals surface area contributed by atoms with Gasteiger partial charge in [0.2, 0.25) is 0 Å². The van der Waals surface area contributed by atoms with Crippen molar-refractivity contribution in [1.82, 2.24) is 10.3 Å². The maximum Gasteiger partial charge on any atom is 0.0794 e. The van der Waals surface area contributed by atoms with E-state index in [1.807, 2.05) is 28.2 Å². The Morgan fingerprint density at radius 2 is 2.05 bits per heavy atom. The van der Waals surface area contributed by atoms with Crippen LogP contribution in [0.5, 0.6) is 0 Å². The van der Waals surface area contributed by atoms with E-state index in [2.05, 4.69) is 50.7 Å². The third-order valence-corrected chi connectivity index (χ3v) is 5.65. The van der Waals surface area contributed by atoms with Crippen LogP contribution in [-0.4, -0.2) is 11.5 Å². The van der Waals surface area contributed by atoms with Gasteiger partial charge >= 0.3 is 0 Å². The summed E-state index contributed by atoms with van der Waals surface area (Å²) >= 11 is 5.33. The zero-order valence-corrected chi connectivity index (χ0v) is 13.4. The van der Waals surface area contributed by atoms with Gasteiger partial charge in [-0.25, -0.2) is 4.98 Å². The number of nitrogens with zero attached hydrogens (tertiary/aromatic N) is 1. The van der Waals surface area contributed by atoms with Gasteiger partial charge in [-0.05, 0) is 22.9 Å². The van der Waals surface area contributed by atoms with Crippen LogP contribution >= 0.6 is 34.0 Å². The average Bonchev–Trinajstić information content (AvgIpc) is 3.21. The number of hydrogen-bond donors (Lipinski definition) is 1. The fraction of sp³-hybridized carbons (Fsp3) is 0.267. The molecule has 0 aliphatic heterocycles. The minimum absolute atomic E-state index is 0.410. The van der Waals surface area contributed by atoms with Crippen molar-refractivity contribution in [3.63, 3.8) is 0 Å². The van der Waals surface area contributed by atoms with Crippen LogP contribution in [0.4, 0.5) is 0 Å². The monoisotopic (exact) mass is 320 g/mol. The van der Waals surface area contributed by atoms with Crippen molar-refractivity contribution in [2.75, 3.05) is 6.54 Å². The van der Waals surface area contributed by atoms with Crippen LogP contribution in [0.2, 0.25) is 0 Å². The number of nitrogens with one attached hydrogen (secondary N) is 1. The third kappa shape index (κ3) is 3.76. The van der Waals surface area contributed by atoms with Gasteiger partial charge in [0.25, 0.3) is 0 Å². The second-order valence-electron chi connectivity index (χ2n) is 4.54.